The number of anilines is 1. The standard InChI is InChI=1S/C19H19N3O4S2/c1-12-17(13-4-8-15(26-3)9-5-13)21-19(27-12)22-18(23)14-6-10-16(11-7-14)28(24,25)20-2/h4-11,20H,1-3H3,(H,21,22,23). The summed E-state index contributed by atoms with van der Waals surface area (Å²) in [5.41, 5.74) is 2.06. The third-order valence-corrected chi connectivity index (χ3v) is 6.39. The molecule has 2 N–H and O–H groups in total. The van der Waals surface area contributed by atoms with E-state index < -0.39 is 10.0 Å². The highest BCUT2D eigenvalue weighted by molar-refractivity contribution is 7.89. The van der Waals surface area contributed by atoms with Crippen LogP contribution in [0.15, 0.2) is 53.4 Å². The summed E-state index contributed by atoms with van der Waals surface area (Å²) in [6.45, 7) is 1.93. The van der Waals surface area contributed by atoms with Gasteiger partial charge in [0.2, 0.25) is 10.0 Å². The Bertz CT molecular complexity index is 1090. The van der Waals surface area contributed by atoms with Crippen LogP contribution in [0.4, 0.5) is 5.13 Å². The summed E-state index contributed by atoms with van der Waals surface area (Å²) < 4.78 is 30.9. The number of benzene rings is 2. The third kappa shape index (κ3) is 4.22. The number of thiazole rings is 1. The summed E-state index contributed by atoms with van der Waals surface area (Å²) >= 11 is 1.37. The number of hydrogen-bond acceptors (Lipinski definition) is 6. The summed E-state index contributed by atoms with van der Waals surface area (Å²) in [6.07, 6.45) is 0. The predicted molar refractivity (Wildman–Crippen MR) is 109 cm³/mol. The van der Waals surface area contributed by atoms with Gasteiger partial charge in [-0.1, -0.05) is 0 Å². The molecule has 9 heteroatoms. The monoisotopic (exact) mass is 417 g/mol. The summed E-state index contributed by atoms with van der Waals surface area (Å²) in [5.74, 6) is 0.400. The average Bonchev–Trinajstić information content (AvgIpc) is 3.08. The molecule has 0 bridgehead atoms. The highest BCUT2D eigenvalue weighted by Gasteiger charge is 2.15. The minimum atomic E-state index is -3.54. The third-order valence-electron chi connectivity index (χ3n) is 4.08. The number of carbonyl (C=O) groups excluding carboxylic acids is 1. The van der Waals surface area contributed by atoms with E-state index >= 15 is 0 Å². The molecule has 0 unspecified atom stereocenters. The normalized spacial score (nSPS) is 11.2. The number of rotatable bonds is 6. The maximum Gasteiger partial charge on any atom is 0.257 e. The van der Waals surface area contributed by atoms with Crippen molar-refractivity contribution in [2.75, 3.05) is 19.5 Å². The fourth-order valence-electron chi connectivity index (χ4n) is 2.54. The largest absolute Gasteiger partial charge is 0.497 e. The van der Waals surface area contributed by atoms with Gasteiger partial charge in [-0.05, 0) is 62.5 Å². The van der Waals surface area contributed by atoms with Crippen molar-refractivity contribution in [3.8, 4) is 17.0 Å². The van der Waals surface area contributed by atoms with Gasteiger partial charge in [-0.3, -0.25) is 10.1 Å². The van der Waals surface area contributed by atoms with Crippen molar-refractivity contribution in [3.63, 3.8) is 0 Å². The van der Waals surface area contributed by atoms with Gasteiger partial charge >= 0.3 is 0 Å². The van der Waals surface area contributed by atoms with Crippen LogP contribution in [-0.2, 0) is 10.0 Å². The Balaban J connectivity index is 1.77. The molecular formula is C19H19N3O4S2. The van der Waals surface area contributed by atoms with E-state index in [1.54, 1.807) is 7.11 Å². The number of aromatic nitrogens is 1. The number of hydrogen-bond donors (Lipinski definition) is 2. The molecule has 0 spiro atoms. The Morgan fingerprint density at radius 1 is 1.07 bits per heavy atom. The van der Waals surface area contributed by atoms with Gasteiger partial charge in [0, 0.05) is 16.0 Å². The molecule has 1 heterocycles. The maximum absolute atomic E-state index is 12.5. The molecular weight excluding hydrogens is 398 g/mol. The second-order valence-corrected chi connectivity index (χ2v) is 8.93. The van der Waals surface area contributed by atoms with Gasteiger partial charge in [-0.15, -0.1) is 11.3 Å². The molecule has 0 aliphatic carbocycles. The van der Waals surface area contributed by atoms with Crippen molar-refractivity contribution < 1.29 is 17.9 Å². The first-order valence-corrected chi connectivity index (χ1v) is 10.6. The van der Waals surface area contributed by atoms with Gasteiger partial charge in [0.25, 0.3) is 5.91 Å². The van der Waals surface area contributed by atoms with Crippen molar-refractivity contribution in [2.24, 2.45) is 0 Å². The molecule has 28 heavy (non-hydrogen) atoms. The van der Waals surface area contributed by atoms with E-state index in [1.165, 1.54) is 42.6 Å². The van der Waals surface area contributed by atoms with Gasteiger partial charge in [0.15, 0.2) is 5.13 Å². The molecule has 0 atom stereocenters. The van der Waals surface area contributed by atoms with Crippen LogP contribution >= 0.6 is 11.3 Å². The Kier molecular flexibility index (Phi) is 5.78. The van der Waals surface area contributed by atoms with E-state index in [-0.39, 0.29) is 10.8 Å². The van der Waals surface area contributed by atoms with Crippen LogP contribution < -0.4 is 14.8 Å². The fourth-order valence-corrected chi connectivity index (χ4v) is 4.10. The molecule has 2 aromatic carbocycles. The molecule has 1 aromatic heterocycles. The zero-order valence-corrected chi connectivity index (χ0v) is 17.1. The molecule has 0 saturated heterocycles. The molecule has 1 amide bonds. The SMILES string of the molecule is CNS(=O)(=O)c1ccc(C(=O)Nc2nc(-c3ccc(OC)cc3)c(C)s2)cc1. The minimum Gasteiger partial charge on any atom is -0.497 e. The second-order valence-electron chi connectivity index (χ2n) is 5.84. The molecule has 0 aliphatic rings. The second kappa shape index (κ2) is 8.09. The van der Waals surface area contributed by atoms with Gasteiger partial charge in [-0.2, -0.15) is 0 Å². The molecule has 3 rings (SSSR count). The molecule has 0 aliphatic heterocycles. The Morgan fingerprint density at radius 2 is 1.71 bits per heavy atom. The average molecular weight is 418 g/mol. The van der Waals surface area contributed by atoms with E-state index in [0.717, 1.165) is 21.9 Å². The van der Waals surface area contributed by atoms with Crippen molar-refractivity contribution in [3.05, 3.63) is 59.0 Å². The first-order chi connectivity index (χ1) is 13.3. The molecule has 0 radical (unpaired) electrons. The lowest BCUT2D eigenvalue weighted by molar-refractivity contribution is 0.102. The Hall–Kier alpha value is -2.75. The van der Waals surface area contributed by atoms with Gasteiger partial charge in [-0.25, -0.2) is 18.1 Å². The van der Waals surface area contributed by atoms with E-state index in [2.05, 4.69) is 15.0 Å². The van der Waals surface area contributed by atoms with Gasteiger partial charge in [0.05, 0.1) is 17.7 Å². The predicted octanol–water partition coefficient (Wildman–Crippen LogP) is 3.29. The first kappa shape index (κ1) is 20.0. The number of methoxy groups -OCH3 is 1. The number of carbonyl (C=O) groups is 1. The van der Waals surface area contributed by atoms with Crippen LogP contribution in [0.25, 0.3) is 11.3 Å². The fraction of sp³-hybridized carbons (Fsp3) is 0.158. The summed E-state index contributed by atoms with van der Waals surface area (Å²) in [7, 11) is -0.595. The van der Waals surface area contributed by atoms with Crippen LogP contribution in [0, 0.1) is 6.92 Å². The van der Waals surface area contributed by atoms with Crippen LogP contribution in [0.1, 0.15) is 15.2 Å². The van der Waals surface area contributed by atoms with Crippen LogP contribution in [0.3, 0.4) is 0 Å². The lowest BCUT2D eigenvalue weighted by atomic mass is 10.1. The number of nitrogens with zero attached hydrogens (tertiary/aromatic N) is 1. The quantitative estimate of drug-likeness (QED) is 0.641. The number of sulfonamides is 1. The summed E-state index contributed by atoms with van der Waals surface area (Å²) in [6, 6.07) is 13.2. The van der Waals surface area contributed by atoms with Gasteiger partial charge in [0.1, 0.15) is 5.75 Å². The van der Waals surface area contributed by atoms with E-state index in [4.69, 9.17) is 4.74 Å². The molecule has 0 fully saturated rings. The summed E-state index contributed by atoms with van der Waals surface area (Å²) in [4.78, 5) is 18.0. The topological polar surface area (TPSA) is 97.4 Å². The minimum absolute atomic E-state index is 0.0958. The van der Waals surface area contributed by atoms with Crippen LogP contribution in [-0.4, -0.2) is 33.5 Å². The molecule has 7 nitrogen and oxygen atoms in total. The van der Waals surface area contributed by atoms with E-state index in [1.807, 2.05) is 31.2 Å². The summed E-state index contributed by atoms with van der Waals surface area (Å²) in [5, 5.41) is 3.24. The lowest BCUT2D eigenvalue weighted by Gasteiger charge is -2.05. The first-order valence-electron chi connectivity index (χ1n) is 8.31. The number of aryl methyl sites for hydroxylation is 1. The van der Waals surface area contributed by atoms with Crippen LogP contribution in [0.2, 0.25) is 0 Å². The van der Waals surface area contributed by atoms with Crippen LogP contribution in [0.5, 0.6) is 5.75 Å². The zero-order chi connectivity index (χ0) is 20.3. The highest BCUT2D eigenvalue weighted by atomic mass is 32.2. The Labute approximate surface area is 167 Å². The van der Waals surface area contributed by atoms with E-state index in [0.29, 0.717) is 10.7 Å². The Morgan fingerprint density at radius 3 is 2.29 bits per heavy atom. The number of amides is 1. The van der Waals surface area contributed by atoms with Crippen molar-refractivity contribution in [1.29, 1.82) is 0 Å². The highest BCUT2D eigenvalue weighted by Crippen LogP contribution is 2.31. The van der Waals surface area contributed by atoms with Crippen molar-refractivity contribution in [1.82, 2.24) is 9.71 Å². The van der Waals surface area contributed by atoms with E-state index in [9.17, 15) is 13.2 Å². The smallest absolute Gasteiger partial charge is 0.257 e. The number of ether oxygens (including phenoxy) is 1. The maximum atomic E-state index is 12.5. The lowest BCUT2D eigenvalue weighted by Crippen LogP contribution is -2.19. The molecule has 3 aromatic rings. The molecule has 146 valence electrons. The van der Waals surface area contributed by atoms with Gasteiger partial charge < -0.3 is 4.74 Å². The number of nitrogens with one attached hydrogen (secondary N) is 2. The van der Waals surface area contributed by atoms with Crippen molar-refractivity contribution in [2.45, 2.75) is 11.8 Å². The molecule has 0 saturated carbocycles. The zero-order valence-electron chi connectivity index (χ0n) is 15.5. The van der Waals surface area contributed by atoms with Crippen molar-refractivity contribution >= 4 is 32.4 Å².